The molecular formula is C88H138N4O10. The highest BCUT2D eigenvalue weighted by Crippen LogP contribution is 2.25. The molecule has 0 saturated carbocycles. The minimum atomic E-state index is -0.476. The number of hydrogen-bond acceptors (Lipinski definition) is 10. The molecule has 0 atom stereocenters. The number of nitrogens with one attached hydrogen (secondary N) is 4. The van der Waals surface area contributed by atoms with Crippen LogP contribution < -0.4 is 30.7 Å². The average Bonchev–Trinajstić information content (AvgIpc) is 0.831. The van der Waals surface area contributed by atoms with Gasteiger partial charge in [0.25, 0.3) is 23.6 Å². The van der Waals surface area contributed by atoms with Crippen molar-refractivity contribution in [2.45, 2.75) is 336 Å². The van der Waals surface area contributed by atoms with E-state index in [1.165, 1.54) is 180 Å². The van der Waals surface area contributed by atoms with Gasteiger partial charge >= 0.3 is 11.9 Å². The Hall–Kier alpha value is -6.70. The highest BCUT2D eigenvalue weighted by Gasteiger charge is 2.21. The summed E-state index contributed by atoms with van der Waals surface area (Å²) in [6, 6.07) is 23.5. The summed E-state index contributed by atoms with van der Waals surface area (Å²) in [5.74, 6) is -0.997. The molecule has 0 heterocycles. The number of carbonyl (C=O) groups is 6. The Labute approximate surface area is 618 Å². The van der Waals surface area contributed by atoms with Crippen molar-refractivity contribution >= 4 is 46.9 Å². The van der Waals surface area contributed by atoms with E-state index in [1.54, 1.807) is 84.9 Å². The van der Waals surface area contributed by atoms with Crippen LogP contribution in [-0.2, 0) is 9.47 Å². The summed E-state index contributed by atoms with van der Waals surface area (Å²) in [4.78, 5) is 81.2. The first-order chi connectivity index (χ1) is 50.1. The van der Waals surface area contributed by atoms with Crippen LogP contribution in [0.1, 0.15) is 398 Å². The minimum absolute atomic E-state index is 0.260. The van der Waals surface area contributed by atoms with Gasteiger partial charge in [0.2, 0.25) is 0 Å². The summed E-state index contributed by atoms with van der Waals surface area (Å²) in [5.41, 5.74) is 2.47. The number of benzene rings is 4. The van der Waals surface area contributed by atoms with Gasteiger partial charge in [0.1, 0.15) is 11.5 Å². The third-order valence-corrected chi connectivity index (χ3v) is 19.4. The Balaban J connectivity index is 1.15. The smallest absolute Gasteiger partial charge is 0.338 e. The van der Waals surface area contributed by atoms with Gasteiger partial charge in [0.05, 0.1) is 60.1 Å². The number of esters is 2. The van der Waals surface area contributed by atoms with Crippen LogP contribution in [0.2, 0.25) is 0 Å². The molecule has 14 nitrogen and oxygen atoms in total. The van der Waals surface area contributed by atoms with Crippen LogP contribution in [0.25, 0.3) is 0 Å². The summed E-state index contributed by atoms with van der Waals surface area (Å²) in [5, 5.41) is 11.9. The maximum atomic E-state index is 13.7. The van der Waals surface area contributed by atoms with Gasteiger partial charge < -0.3 is 40.2 Å². The molecule has 14 heteroatoms. The summed E-state index contributed by atoms with van der Waals surface area (Å²) in [7, 11) is 0. The van der Waals surface area contributed by atoms with Gasteiger partial charge in [0.15, 0.2) is 0 Å². The Morgan fingerprint density at radius 2 is 0.490 bits per heavy atom. The van der Waals surface area contributed by atoms with E-state index in [2.05, 4.69) is 49.0 Å². The van der Waals surface area contributed by atoms with Crippen molar-refractivity contribution in [2.24, 2.45) is 0 Å². The summed E-state index contributed by atoms with van der Waals surface area (Å²) >= 11 is 0. The quantitative estimate of drug-likeness (QED) is 0.0245. The fourth-order valence-corrected chi connectivity index (χ4v) is 12.9. The molecule has 102 heavy (non-hydrogen) atoms. The lowest BCUT2D eigenvalue weighted by atomic mass is 10.1. The second kappa shape index (κ2) is 59.7. The molecule has 0 bridgehead atoms. The fourth-order valence-electron chi connectivity index (χ4n) is 12.9. The zero-order valence-corrected chi connectivity index (χ0v) is 64.3. The minimum Gasteiger partial charge on any atom is -0.494 e. The highest BCUT2D eigenvalue weighted by molar-refractivity contribution is 6.11. The fraction of sp³-hybridized carbons (Fsp3) is 0.659. The van der Waals surface area contributed by atoms with Crippen LogP contribution in [0, 0.1) is 0 Å². The predicted octanol–water partition coefficient (Wildman–Crippen LogP) is 24.2. The van der Waals surface area contributed by atoms with Gasteiger partial charge in [-0.15, -0.1) is 0 Å². The van der Waals surface area contributed by atoms with E-state index in [0.29, 0.717) is 73.3 Å². The number of ether oxygens (including phenoxy) is 4. The van der Waals surface area contributed by atoms with Crippen molar-refractivity contribution in [2.75, 3.05) is 50.2 Å². The maximum absolute atomic E-state index is 13.7. The molecular weight excluding hydrogens is 1270 g/mol. The molecule has 0 saturated heterocycles. The molecule has 0 aromatic heterocycles. The van der Waals surface area contributed by atoms with Crippen molar-refractivity contribution in [3.05, 3.63) is 118 Å². The van der Waals surface area contributed by atoms with Crippen LogP contribution in [0.5, 0.6) is 11.5 Å². The van der Waals surface area contributed by atoms with Gasteiger partial charge in [0, 0.05) is 24.2 Å². The van der Waals surface area contributed by atoms with Crippen molar-refractivity contribution in [1.82, 2.24) is 10.6 Å². The van der Waals surface area contributed by atoms with E-state index >= 15 is 0 Å². The maximum Gasteiger partial charge on any atom is 0.338 e. The molecule has 0 unspecified atom stereocenters. The lowest BCUT2D eigenvalue weighted by Crippen LogP contribution is -2.26. The van der Waals surface area contributed by atoms with Gasteiger partial charge in [-0.3, -0.25) is 19.2 Å². The monoisotopic (exact) mass is 1410 g/mol. The number of amides is 4. The Kier molecular flexibility index (Phi) is 51.3. The Bertz CT molecular complexity index is 2650. The van der Waals surface area contributed by atoms with Gasteiger partial charge in [-0.25, -0.2) is 9.59 Å². The van der Waals surface area contributed by atoms with Gasteiger partial charge in [-0.05, 0) is 123 Å². The molecule has 4 rings (SSSR count). The largest absolute Gasteiger partial charge is 0.494 e. The summed E-state index contributed by atoms with van der Waals surface area (Å²) < 4.78 is 23.5. The second-order valence-corrected chi connectivity index (χ2v) is 28.5. The van der Waals surface area contributed by atoms with Crippen LogP contribution in [0.3, 0.4) is 0 Å². The first kappa shape index (κ1) is 87.7. The van der Waals surface area contributed by atoms with E-state index < -0.39 is 23.8 Å². The van der Waals surface area contributed by atoms with E-state index in [-0.39, 0.29) is 34.3 Å². The summed E-state index contributed by atoms with van der Waals surface area (Å²) in [6.07, 6.45) is 56.3. The van der Waals surface area contributed by atoms with Crippen molar-refractivity contribution < 1.29 is 47.7 Å². The molecule has 0 spiro atoms. The third-order valence-electron chi connectivity index (χ3n) is 19.4. The number of carbonyl (C=O) groups excluding carboxylic acids is 6. The standard InChI is InChI=1S/C88H138N4O10/c1-5-9-13-17-21-25-29-35-41-47-65-89-85(95)79-63-57-75(87(97)101-69-51-45-39-31-27-23-19-15-11-7-3)71-81(79)91-83(93)73-53-59-77(60-54-73)99-67-49-43-37-33-34-38-44-50-68-100-78-61-55-74(56-62-78)84(94)92-82-72-76(88(98)102-70-52-46-40-32-28-24-20-16-12-8-4)58-64-80(82)86(96)90-66-48-42-36-30-26-22-18-14-10-6-2/h53-64,71-72H,5-52,65-70H2,1-4H3,(H,89,95)(H,90,96)(H,91,93)(H,92,94). The predicted molar refractivity (Wildman–Crippen MR) is 422 cm³/mol. The molecule has 4 N–H and O–H groups in total. The van der Waals surface area contributed by atoms with Crippen LogP contribution in [0.4, 0.5) is 11.4 Å². The average molecular weight is 1410 g/mol. The number of anilines is 2. The topological polar surface area (TPSA) is 187 Å². The van der Waals surface area contributed by atoms with E-state index in [1.807, 2.05) is 0 Å². The third kappa shape index (κ3) is 41.6. The first-order valence-corrected chi connectivity index (χ1v) is 41.4. The SMILES string of the molecule is CCCCCCCCCCCCNC(=O)c1ccc(C(=O)OCCCCCCCCCCCC)cc1NC(=O)c1ccc(OCCCCCCCCCCOc2ccc(C(=O)Nc3cc(C(=O)OCCCCCCCCCCCC)ccc3C(=O)NCCCCCCCCCCCC)cc2)cc1. The molecule has 4 aromatic carbocycles. The van der Waals surface area contributed by atoms with Crippen LogP contribution in [-0.4, -0.2) is 75.1 Å². The van der Waals surface area contributed by atoms with E-state index in [9.17, 15) is 28.8 Å². The number of unbranched alkanes of at least 4 members (excludes halogenated alkanes) is 43. The van der Waals surface area contributed by atoms with E-state index in [0.717, 1.165) is 128 Å². The molecule has 4 amide bonds. The van der Waals surface area contributed by atoms with Crippen molar-refractivity contribution in [3.63, 3.8) is 0 Å². The lowest BCUT2D eigenvalue weighted by molar-refractivity contribution is 0.0488. The molecule has 570 valence electrons. The zero-order valence-electron chi connectivity index (χ0n) is 64.3. The van der Waals surface area contributed by atoms with Crippen LogP contribution in [0.15, 0.2) is 84.9 Å². The Morgan fingerprint density at radius 1 is 0.255 bits per heavy atom. The molecule has 0 aliphatic heterocycles. The second-order valence-electron chi connectivity index (χ2n) is 28.5. The zero-order chi connectivity index (χ0) is 73.0. The number of hydrogen-bond donors (Lipinski definition) is 4. The molecule has 0 aliphatic rings. The molecule has 0 fully saturated rings. The normalized spacial score (nSPS) is 11.1. The van der Waals surface area contributed by atoms with Gasteiger partial charge in [-0.1, -0.05) is 297 Å². The molecule has 4 aromatic rings. The molecule has 0 radical (unpaired) electrons. The first-order valence-electron chi connectivity index (χ1n) is 41.4. The summed E-state index contributed by atoms with van der Waals surface area (Å²) in [6.45, 7) is 11.8. The Morgan fingerprint density at radius 3 is 0.765 bits per heavy atom. The van der Waals surface area contributed by atoms with Crippen molar-refractivity contribution in [1.29, 1.82) is 0 Å². The van der Waals surface area contributed by atoms with E-state index in [4.69, 9.17) is 18.9 Å². The lowest BCUT2D eigenvalue weighted by Gasteiger charge is -2.14. The number of rotatable bonds is 65. The van der Waals surface area contributed by atoms with Crippen LogP contribution >= 0.6 is 0 Å². The highest BCUT2D eigenvalue weighted by atomic mass is 16.5. The van der Waals surface area contributed by atoms with Gasteiger partial charge in [-0.2, -0.15) is 0 Å². The van der Waals surface area contributed by atoms with Crippen molar-refractivity contribution in [3.8, 4) is 11.5 Å². The molecule has 0 aliphatic carbocycles.